The van der Waals surface area contributed by atoms with Crippen LogP contribution in [0.2, 0.25) is 10.0 Å². The molecular formula is C25H26Cl2N6OS. The second-order valence-corrected chi connectivity index (χ2v) is 9.67. The topological polar surface area (TPSA) is 85.7 Å². The third kappa shape index (κ3) is 6.07. The van der Waals surface area contributed by atoms with E-state index in [-0.39, 0.29) is 6.10 Å². The van der Waals surface area contributed by atoms with Crippen LogP contribution in [0.5, 0.6) is 5.75 Å². The number of ether oxygens (including phenoxy) is 1. The second kappa shape index (κ2) is 11.7. The molecule has 4 rings (SSSR count). The number of aromatic nitrogens is 5. The van der Waals surface area contributed by atoms with E-state index in [0.717, 1.165) is 35.8 Å². The van der Waals surface area contributed by atoms with E-state index in [2.05, 4.69) is 41.0 Å². The van der Waals surface area contributed by atoms with Gasteiger partial charge in [0.05, 0.1) is 38.6 Å². The van der Waals surface area contributed by atoms with Crippen LogP contribution in [0.3, 0.4) is 0 Å². The van der Waals surface area contributed by atoms with Crippen LogP contribution < -0.4 is 10.1 Å². The zero-order valence-electron chi connectivity index (χ0n) is 19.8. The zero-order chi connectivity index (χ0) is 24.8. The molecule has 0 aliphatic carbocycles. The van der Waals surface area contributed by atoms with E-state index in [4.69, 9.17) is 37.9 Å². The summed E-state index contributed by atoms with van der Waals surface area (Å²) in [6, 6.07) is 5.43. The predicted molar refractivity (Wildman–Crippen MR) is 143 cm³/mol. The first-order valence-electron chi connectivity index (χ1n) is 11.5. The fourth-order valence-corrected chi connectivity index (χ4v) is 4.91. The lowest BCUT2D eigenvalue weighted by Gasteiger charge is -2.17. The maximum atomic E-state index is 6.72. The van der Waals surface area contributed by atoms with Gasteiger partial charge in [-0.25, -0.2) is 19.9 Å². The Morgan fingerprint density at radius 3 is 2.31 bits per heavy atom. The average molecular weight is 529 g/mol. The van der Waals surface area contributed by atoms with E-state index >= 15 is 0 Å². The maximum Gasteiger partial charge on any atom is 0.183 e. The number of hydrogen-bond donors (Lipinski definition) is 1. The molecule has 35 heavy (non-hydrogen) atoms. The Balaban J connectivity index is 1.80. The quantitative estimate of drug-likeness (QED) is 0.229. The monoisotopic (exact) mass is 528 g/mol. The van der Waals surface area contributed by atoms with Crippen molar-refractivity contribution in [2.45, 2.75) is 46.1 Å². The van der Waals surface area contributed by atoms with Crippen LogP contribution in [0, 0.1) is 0 Å². The van der Waals surface area contributed by atoms with Gasteiger partial charge in [0.15, 0.2) is 11.0 Å². The lowest BCUT2D eigenvalue weighted by Crippen LogP contribution is -2.13. The molecule has 0 aliphatic heterocycles. The molecule has 0 saturated carbocycles. The van der Waals surface area contributed by atoms with Crippen molar-refractivity contribution in [3.05, 3.63) is 53.0 Å². The molecule has 10 heteroatoms. The summed E-state index contributed by atoms with van der Waals surface area (Å²) in [6.45, 7) is 7.14. The third-order valence-electron chi connectivity index (χ3n) is 5.29. The maximum absolute atomic E-state index is 6.72. The minimum atomic E-state index is 0.101. The summed E-state index contributed by atoms with van der Waals surface area (Å²) in [6.07, 6.45) is 9.54. The zero-order valence-corrected chi connectivity index (χ0v) is 22.1. The molecule has 0 spiro atoms. The SMILES string of the molecule is CCCNc1ncc(-c2cc(-c3c(Cl)cc(OC(CC)CC)cc3Cl)nc(-c3cnccn3)n2)s1. The number of halogens is 2. The number of anilines is 1. The van der Waals surface area contributed by atoms with Gasteiger partial charge >= 0.3 is 0 Å². The van der Waals surface area contributed by atoms with Gasteiger partial charge in [-0.2, -0.15) is 0 Å². The lowest BCUT2D eigenvalue weighted by molar-refractivity contribution is 0.193. The Labute approximate surface area is 219 Å². The first-order chi connectivity index (χ1) is 17.0. The van der Waals surface area contributed by atoms with Crippen LogP contribution >= 0.6 is 34.5 Å². The highest BCUT2D eigenvalue weighted by atomic mass is 35.5. The lowest BCUT2D eigenvalue weighted by atomic mass is 10.1. The van der Waals surface area contributed by atoms with Gasteiger partial charge in [0, 0.05) is 30.7 Å². The largest absolute Gasteiger partial charge is 0.490 e. The molecule has 0 aliphatic rings. The van der Waals surface area contributed by atoms with Crippen LogP contribution in [0.1, 0.15) is 40.0 Å². The van der Waals surface area contributed by atoms with E-state index in [0.29, 0.717) is 44.3 Å². The van der Waals surface area contributed by atoms with Crippen molar-refractivity contribution >= 4 is 39.7 Å². The van der Waals surface area contributed by atoms with Crippen LogP contribution in [0.15, 0.2) is 43.0 Å². The molecule has 0 fully saturated rings. The van der Waals surface area contributed by atoms with Gasteiger partial charge in [0.25, 0.3) is 0 Å². The Kier molecular flexibility index (Phi) is 8.49. The summed E-state index contributed by atoms with van der Waals surface area (Å²) >= 11 is 15.0. The van der Waals surface area contributed by atoms with Gasteiger partial charge in [-0.05, 0) is 37.5 Å². The highest BCUT2D eigenvalue weighted by Gasteiger charge is 2.19. The smallest absolute Gasteiger partial charge is 0.183 e. The molecule has 0 unspecified atom stereocenters. The molecule has 0 bridgehead atoms. The fourth-order valence-electron chi connectivity index (χ4n) is 3.45. The second-order valence-electron chi connectivity index (χ2n) is 7.83. The van der Waals surface area contributed by atoms with E-state index in [1.165, 1.54) is 11.3 Å². The Morgan fingerprint density at radius 2 is 1.66 bits per heavy atom. The van der Waals surface area contributed by atoms with Crippen molar-refractivity contribution in [3.63, 3.8) is 0 Å². The van der Waals surface area contributed by atoms with Crippen LogP contribution in [-0.2, 0) is 0 Å². The number of rotatable bonds is 10. The van der Waals surface area contributed by atoms with Crippen LogP contribution in [0.4, 0.5) is 5.13 Å². The number of hydrogen-bond acceptors (Lipinski definition) is 8. The minimum Gasteiger partial charge on any atom is -0.490 e. The molecule has 1 N–H and O–H groups in total. The fraction of sp³-hybridized carbons (Fsp3) is 0.320. The summed E-state index contributed by atoms with van der Waals surface area (Å²) in [5.41, 5.74) is 2.43. The van der Waals surface area contributed by atoms with Gasteiger partial charge in [0.2, 0.25) is 0 Å². The molecule has 7 nitrogen and oxygen atoms in total. The Hall–Kier alpha value is -2.81. The molecule has 3 aromatic heterocycles. The first-order valence-corrected chi connectivity index (χ1v) is 13.1. The Morgan fingerprint density at radius 1 is 0.914 bits per heavy atom. The highest BCUT2D eigenvalue weighted by Crippen LogP contribution is 2.40. The van der Waals surface area contributed by atoms with E-state index in [9.17, 15) is 0 Å². The number of nitrogens with zero attached hydrogens (tertiary/aromatic N) is 5. The highest BCUT2D eigenvalue weighted by molar-refractivity contribution is 7.18. The number of thiazole rings is 1. The number of benzene rings is 1. The summed E-state index contributed by atoms with van der Waals surface area (Å²) < 4.78 is 6.05. The van der Waals surface area contributed by atoms with Crippen molar-refractivity contribution in [2.75, 3.05) is 11.9 Å². The molecule has 3 heterocycles. The molecule has 0 radical (unpaired) electrons. The van der Waals surface area contributed by atoms with Crippen molar-refractivity contribution in [2.24, 2.45) is 0 Å². The van der Waals surface area contributed by atoms with Gasteiger partial charge in [-0.3, -0.25) is 4.98 Å². The number of nitrogens with one attached hydrogen (secondary N) is 1. The standard InChI is InChI=1S/C25H26Cl2N6OS/c1-4-7-30-25-31-14-22(35-25)19-12-20(33-24(32-19)21-13-28-8-9-29-21)23-17(26)10-16(11-18(23)27)34-15(5-2)6-3/h8-15H,4-7H2,1-3H3,(H,30,31). The summed E-state index contributed by atoms with van der Waals surface area (Å²) in [5, 5.41) is 5.04. The van der Waals surface area contributed by atoms with Crippen molar-refractivity contribution in [3.8, 4) is 39.1 Å². The van der Waals surface area contributed by atoms with Gasteiger partial charge in [0.1, 0.15) is 11.4 Å². The van der Waals surface area contributed by atoms with Crippen molar-refractivity contribution in [1.82, 2.24) is 24.9 Å². The van der Waals surface area contributed by atoms with Crippen LogP contribution in [0.25, 0.3) is 33.3 Å². The van der Waals surface area contributed by atoms with E-state index in [1.54, 1.807) is 36.9 Å². The van der Waals surface area contributed by atoms with E-state index < -0.39 is 0 Å². The van der Waals surface area contributed by atoms with Crippen molar-refractivity contribution in [1.29, 1.82) is 0 Å². The predicted octanol–water partition coefficient (Wildman–Crippen LogP) is 7.42. The summed E-state index contributed by atoms with van der Waals surface area (Å²) in [7, 11) is 0. The van der Waals surface area contributed by atoms with Gasteiger partial charge < -0.3 is 10.1 Å². The first kappa shape index (κ1) is 25.3. The third-order valence-corrected chi connectivity index (χ3v) is 6.86. The van der Waals surface area contributed by atoms with Gasteiger partial charge in [-0.15, -0.1) is 0 Å². The molecule has 182 valence electrons. The minimum absolute atomic E-state index is 0.101. The van der Waals surface area contributed by atoms with Gasteiger partial charge in [-0.1, -0.05) is 55.3 Å². The molecular weight excluding hydrogens is 503 g/mol. The molecule has 1 aromatic carbocycles. The Bertz CT molecular complexity index is 1260. The molecule has 0 saturated heterocycles. The molecule has 0 amide bonds. The molecule has 0 atom stereocenters. The average Bonchev–Trinajstić information content (AvgIpc) is 3.35. The normalized spacial score (nSPS) is 11.1. The van der Waals surface area contributed by atoms with Crippen LogP contribution in [-0.4, -0.2) is 37.6 Å². The molecule has 4 aromatic rings. The van der Waals surface area contributed by atoms with E-state index in [1.807, 2.05) is 6.07 Å². The summed E-state index contributed by atoms with van der Waals surface area (Å²) in [4.78, 5) is 23.4. The van der Waals surface area contributed by atoms with Crippen molar-refractivity contribution < 1.29 is 4.74 Å². The summed E-state index contributed by atoms with van der Waals surface area (Å²) in [5.74, 6) is 1.06.